The molecular formula is C20H29N3O2. The second-order valence-electron chi connectivity index (χ2n) is 7.56. The minimum atomic E-state index is 0.0725. The van der Waals surface area contributed by atoms with Crippen molar-refractivity contribution in [1.82, 2.24) is 9.80 Å². The maximum absolute atomic E-state index is 12.9. The summed E-state index contributed by atoms with van der Waals surface area (Å²) in [6, 6.07) is 11.3. The number of likely N-dealkylation sites (tertiary alicyclic amines) is 1. The second-order valence-corrected chi connectivity index (χ2v) is 7.56. The van der Waals surface area contributed by atoms with Crippen molar-refractivity contribution in [2.45, 2.75) is 44.3 Å². The Morgan fingerprint density at radius 2 is 1.76 bits per heavy atom. The van der Waals surface area contributed by atoms with E-state index in [2.05, 4.69) is 16.7 Å². The smallest absolute Gasteiger partial charge is 0.244 e. The minimum absolute atomic E-state index is 0.0725. The van der Waals surface area contributed by atoms with Crippen LogP contribution in [0.15, 0.2) is 30.3 Å². The van der Waals surface area contributed by atoms with Crippen molar-refractivity contribution < 1.29 is 9.53 Å². The Kier molecular flexibility index (Phi) is 5.06. The summed E-state index contributed by atoms with van der Waals surface area (Å²) in [6.07, 6.45) is 3.28. The third-order valence-corrected chi connectivity index (χ3v) is 6.07. The van der Waals surface area contributed by atoms with Crippen molar-refractivity contribution in [3.63, 3.8) is 0 Å². The molecule has 0 aromatic heterocycles. The molecule has 1 aromatic rings. The van der Waals surface area contributed by atoms with Crippen molar-refractivity contribution in [2.24, 2.45) is 0 Å². The Bertz CT molecular complexity index is 586. The van der Waals surface area contributed by atoms with Gasteiger partial charge in [0.15, 0.2) is 0 Å². The summed E-state index contributed by atoms with van der Waals surface area (Å²) in [7, 11) is 0. The molecule has 0 aliphatic carbocycles. The molecule has 3 fully saturated rings. The number of carbonyl (C=O) groups excluding carboxylic acids is 1. The first-order valence-corrected chi connectivity index (χ1v) is 9.68. The number of amides is 1. The number of anilines is 1. The summed E-state index contributed by atoms with van der Waals surface area (Å²) in [5.41, 5.74) is 1.03. The maximum Gasteiger partial charge on any atom is 0.244 e. The summed E-state index contributed by atoms with van der Waals surface area (Å²) in [5.74, 6) is 0.282. The standard InChI is InChI=1S/C20H29N3O2/c1-16-15-25-14-13-22(16)18-7-10-21(11-8-18)19-9-12-23(20(19)24)17-5-3-2-4-6-17/h2-6,16,18-19H,7-15H2,1H3/t16-,19+/m1/s1. The molecule has 4 rings (SSSR count). The molecule has 5 heteroatoms. The molecule has 0 spiro atoms. The average molecular weight is 343 g/mol. The molecule has 0 radical (unpaired) electrons. The lowest BCUT2D eigenvalue weighted by atomic mass is 9.99. The molecule has 2 atom stereocenters. The Morgan fingerprint density at radius 1 is 1.00 bits per heavy atom. The Labute approximate surface area is 150 Å². The highest BCUT2D eigenvalue weighted by atomic mass is 16.5. The minimum Gasteiger partial charge on any atom is -0.379 e. The van der Waals surface area contributed by atoms with Gasteiger partial charge < -0.3 is 9.64 Å². The molecule has 0 unspecified atom stereocenters. The van der Waals surface area contributed by atoms with E-state index in [1.54, 1.807) is 0 Å². The summed E-state index contributed by atoms with van der Waals surface area (Å²) in [4.78, 5) is 19.9. The fourth-order valence-corrected chi connectivity index (χ4v) is 4.68. The van der Waals surface area contributed by atoms with E-state index in [1.807, 2.05) is 35.2 Å². The van der Waals surface area contributed by atoms with Crippen molar-refractivity contribution in [1.29, 1.82) is 0 Å². The molecule has 0 bridgehead atoms. The fourth-order valence-electron chi connectivity index (χ4n) is 4.68. The van der Waals surface area contributed by atoms with E-state index in [9.17, 15) is 4.79 Å². The molecule has 1 amide bonds. The van der Waals surface area contributed by atoms with E-state index in [0.29, 0.717) is 12.1 Å². The lowest BCUT2D eigenvalue weighted by molar-refractivity contribution is -0.122. The summed E-state index contributed by atoms with van der Waals surface area (Å²) in [6.45, 7) is 7.94. The number of benzene rings is 1. The normalized spacial score (nSPS) is 30.1. The first-order chi connectivity index (χ1) is 12.2. The first-order valence-electron chi connectivity index (χ1n) is 9.68. The lowest BCUT2D eigenvalue weighted by Crippen LogP contribution is -2.55. The molecule has 25 heavy (non-hydrogen) atoms. The molecule has 136 valence electrons. The second kappa shape index (κ2) is 7.44. The number of hydrogen-bond acceptors (Lipinski definition) is 4. The number of ether oxygens (including phenoxy) is 1. The molecule has 1 aromatic carbocycles. The van der Waals surface area contributed by atoms with Gasteiger partial charge in [0.25, 0.3) is 0 Å². The van der Waals surface area contributed by atoms with Crippen molar-refractivity contribution in [3.05, 3.63) is 30.3 Å². The van der Waals surface area contributed by atoms with E-state index in [0.717, 1.165) is 51.5 Å². The predicted octanol–water partition coefficient (Wildman–Crippen LogP) is 1.98. The zero-order valence-corrected chi connectivity index (χ0v) is 15.1. The zero-order valence-electron chi connectivity index (χ0n) is 15.1. The number of morpholine rings is 1. The van der Waals surface area contributed by atoms with Crippen LogP contribution in [0.4, 0.5) is 5.69 Å². The van der Waals surface area contributed by atoms with Gasteiger partial charge in [0, 0.05) is 44.0 Å². The van der Waals surface area contributed by atoms with E-state index in [-0.39, 0.29) is 11.9 Å². The largest absolute Gasteiger partial charge is 0.379 e. The van der Waals surface area contributed by atoms with E-state index >= 15 is 0 Å². The summed E-state index contributed by atoms with van der Waals surface area (Å²) < 4.78 is 5.57. The molecule has 3 saturated heterocycles. The topological polar surface area (TPSA) is 36.0 Å². The van der Waals surface area contributed by atoms with Crippen LogP contribution in [0, 0.1) is 0 Å². The Hall–Kier alpha value is -1.43. The van der Waals surface area contributed by atoms with Gasteiger partial charge >= 0.3 is 0 Å². The SMILES string of the molecule is C[C@@H]1COCCN1C1CCN([C@H]2CCN(c3ccccc3)C2=O)CC1. The highest BCUT2D eigenvalue weighted by Crippen LogP contribution is 2.28. The van der Waals surface area contributed by atoms with Gasteiger partial charge in [-0.3, -0.25) is 14.6 Å². The third-order valence-electron chi connectivity index (χ3n) is 6.07. The van der Waals surface area contributed by atoms with Gasteiger partial charge in [-0.05, 0) is 38.3 Å². The molecular weight excluding hydrogens is 314 g/mol. The van der Waals surface area contributed by atoms with Crippen LogP contribution in [0.1, 0.15) is 26.2 Å². The number of nitrogens with zero attached hydrogens (tertiary/aromatic N) is 3. The van der Waals surface area contributed by atoms with Crippen molar-refractivity contribution in [3.8, 4) is 0 Å². The van der Waals surface area contributed by atoms with E-state index in [4.69, 9.17) is 4.74 Å². The highest BCUT2D eigenvalue weighted by Gasteiger charge is 2.39. The molecule has 0 N–H and O–H groups in total. The van der Waals surface area contributed by atoms with Gasteiger partial charge in [-0.15, -0.1) is 0 Å². The highest BCUT2D eigenvalue weighted by molar-refractivity contribution is 5.99. The van der Waals surface area contributed by atoms with Gasteiger partial charge in [0.1, 0.15) is 0 Å². The van der Waals surface area contributed by atoms with Gasteiger partial charge in [0.2, 0.25) is 5.91 Å². The number of rotatable bonds is 3. The fraction of sp³-hybridized carbons (Fsp3) is 0.650. The maximum atomic E-state index is 12.9. The molecule has 3 aliphatic rings. The number of carbonyl (C=O) groups is 1. The molecule has 5 nitrogen and oxygen atoms in total. The van der Waals surface area contributed by atoms with Crippen LogP contribution in [-0.4, -0.2) is 73.2 Å². The van der Waals surface area contributed by atoms with Gasteiger partial charge in [-0.25, -0.2) is 0 Å². The molecule has 3 heterocycles. The molecule has 0 saturated carbocycles. The van der Waals surface area contributed by atoms with Crippen LogP contribution in [0.2, 0.25) is 0 Å². The van der Waals surface area contributed by atoms with Crippen LogP contribution < -0.4 is 4.90 Å². The quantitative estimate of drug-likeness (QED) is 0.841. The number of para-hydroxylation sites is 1. The van der Waals surface area contributed by atoms with Crippen LogP contribution in [0.5, 0.6) is 0 Å². The van der Waals surface area contributed by atoms with Gasteiger partial charge in [0.05, 0.1) is 19.3 Å². The number of piperidine rings is 1. The van der Waals surface area contributed by atoms with Crippen LogP contribution in [0.25, 0.3) is 0 Å². The van der Waals surface area contributed by atoms with Crippen molar-refractivity contribution in [2.75, 3.05) is 44.3 Å². The monoisotopic (exact) mass is 343 g/mol. The average Bonchev–Trinajstić information content (AvgIpc) is 3.04. The Balaban J connectivity index is 1.34. The van der Waals surface area contributed by atoms with Crippen LogP contribution in [0.3, 0.4) is 0 Å². The van der Waals surface area contributed by atoms with Crippen LogP contribution in [-0.2, 0) is 9.53 Å². The summed E-state index contributed by atoms with van der Waals surface area (Å²) >= 11 is 0. The molecule has 3 aliphatic heterocycles. The Morgan fingerprint density at radius 3 is 2.48 bits per heavy atom. The lowest BCUT2D eigenvalue weighted by Gasteiger charge is -2.44. The van der Waals surface area contributed by atoms with Gasteiger partial charge in [-0.2, -0.15) is 0 Å². The van der Waals surface area contributed by atoms with Crippen molar-refractivity contribution >= 4 is 11.6 Å². The van der Waals surface area contributed by atoms with Gasteiger partial charge in [-0.1, -0.05) is 18.2 Å². The first kappa shape index (κ1) is 17.0. The van der Waals surface area contributed by atoms with Crippen LogP contribution >= 0.6 is 0 Å². The van der Waals surface area contributed by atoms with E-state index < -0.39 is 0 Å². The number of hydrogen-bond donors (Lipinski definition) is 0. The van der Waals surface area contributed by atoms with E-state index in [1.165, 1.54) is 12.8 Å². The summed E-state index contributed by atoms with van der Waals surface area (Å²) in [5, 5.41) is 0. The predicted molar refractivity (Wildman–Crippen MR) is 98.8 cm³/mol. The zero-order chi connectivity index (χ0) is 17.2. The third kappa shape index (κ3) is 3.46.